The van der Waals surface area contributed by atoms with Crippen LogP contribution < -0.4 is 5.32 Å². The molecule has 1 amide bonds. The quantitative estimate of drug-likeness (QED) is 0.903. The van der Waals surface area contributed by atoms with Gasteiger partial charge in [0.05, 0.1) is 18.8 Å². The number of nitrogens with zero attached hydrogens (tertiary/aromatic N) is 1. The predicted octanol–water partition coefficient (Wildman–Crippen LogP) is 2.77. The summed E-state index contributed by atoms with van der Waals surface area (Å²) in [5.41, 5.74) is 0.440. The van der Waals surface area contributed by atoms with Crippen molar-refractivity contribution < 1.29 is 13.9 Å². The van der Waals surface area contributed by atoms with Gasteiger partial charge in [0, 0.05) is 36.6 Å². The summed E-state index contributed by atoms with van der Waals surface area (Å²) in [7, 11) is 0. The summed E-state index contributed by atoms with van der Waals surface area (Å²) in [6.07, 6.45) is 0.473. The average Bonchev–Trinajstić information content (AvgIpc) is 2.49. The van der Waals surface area contributed by atoms with Gasteiger partial charge in [-0.25, -0.2) is 4.39 Å². The average molecular weight is 329 g/mol. The Bertz CT molecular complexity index is 507. The van der Waals surface area contributed by atoms with Gasteiger partial charge in [0.2, 0.25) is 5.91 Å². The molecule has 0 unspecified atom stereocenters. The molecule has 122 valence electrons. The molecule has 0 spiro atoms. The van der Waals surface area contributed by atoms with Gasteiger partial charge in [0.1, 0.15) is 5.82 Å². The third-order valence-corrected chi connectivity index (χ3v) is 4.19. The number of hydrogen-bond donors (Lipinski definition) is 1. The van der Waals surface area contributed by atoms with Crippen LogP contribution in [0.25, 0.3) is 0 Å². The van der Waals surface area contributed by atoms with Gasteiger partial charge in [-0.05, 0) is 19.1 Å². The standard InChI is InChI=1S/C16H22ClFN2O2/c1-3-15(21)19-9-14(20-7-8-22-11(2)10-20)16-12(17)5-4-6-13(16)18/h4-6,11,14H,3,7-10H2,1-2H3,(H,19,21)/t11-,14+/m1/s1. The number of carbonyl (C=O) groups excluding carboxylic acids is 1. The Labute approximate surface area is 135 Å². The lowest BCUT2D eigenvalue weighted by Crippen LogP contribution is -2.46. The van der Waals surface area contributed by atoms with Crippen LogP contribution in [0.3, 0.4) is 0 Å². The molecule has 1 aromatic carbocycles. The van der Waals surface area contributed by atoms with Gasteiger partial charge in [-0.1, -0.05) is 24.6 Å². The van der Waals surface area contributed by atoms with Crippen LogP contribution in [0.15, 0.2) is 18.2 Å². The number of nitrogens with one attached hydrogen (secondary N) is 1. The fourth-order valence-electron chi connectivity index (χ4n) is 2.71. The topological polar surface area (TPSA) is 41.6 Å². The monoisotopic (exact) mass is 328 g/mol. The lowest BCUT2D eigenvalue weighted by Gasteiger charge is -2.38. The first-order chi connectivity index (χ1) is 10.5. The second-order valence-corrected chi connectivity index (χ2v) is 5.89. The Kier molecular flexibility index (Phi) is 6.17. The summed E-state index contributed by atoms with van der Waals surface area (Å²) < 4.78 is 19.8. The smallest absolute Gasteiger partial charge is 0.219 e. The molecule has 1 fully saturated rings. The molecular weight excluding hydrogens is 307 g/mol. The van der Waals surface area contributed by atoms with E-state index in [1.807, 2.05) is 6.92 Å². The van der Waals surface area contributed by atoms with Crippen LogP contribution in [0.5, 0.6) is 0 Å². The van der Waals surface area contributed by atoms with Crippen molar-refractivity contribution in [3.63, 3.8) is 0 Å². The van der Waals surface area contributed by atoms with E-state index in [2.05, 4.69) is 10.2 Å². The maximum Gasteiger partial charge on any atom is 0.219 e. The Morgan fingerprint density at radius 1 is 1.59 bits per heavy atom. The zero-order valence-corrected chi connectivity index (χ0v) is 13.7. The fraction of sp³-hybridized carbons (Fsp3) is 0.562. The number of amides is 1. The van der Waals surface area contributed by atoms with Crippen molar-refractivity contribution >= 4 is 17.5 Å². The molecule has 0 aromatic heterocycles. The lowest BCUT2D eigenvalue weighted by molar-refractivity contribution is -0.121. The van der Waals surface area contributed by atoms with Gasteiger partial charge >= 0.3 is 0 Å². The Balaban J connectivity index is 2.26. The predicted molar refractivity (Wildman–Crippen MR) is 84.4 cm³/mol. The van der Waals surface area contributed by atoms with Crippen LogP contribution in [0.2, 0.25) is 5.02 Å². The Morgan fingerprint density at radius 2 is 2.36 bits per heavy atom. The molecule has 1 aliphatic rings. The first kappa shape index (κ1) is 17.2. The highest BCUT2D eigenvalue weighted by atomic mass is 35.5. The van der Waals surface area contributed by atoms with E-state index in [1.165, 1.54) is 6.07 Å². The van der Waals surface area contributed by atoms with Crippen molar-refractivity contribution in [3.8, 4) is 0 Å². The third kappa shape index (κ3) is 4.18. The van der Waals surface area contributed by atoms with Gasteiger partial charge in [-0.15, -0.1) is 0 Å². The number of morpholine rings is 1. The zero-order chi connectivity index (χ0) is 16.1. The van der Waals surface area contributed by atoms with Crippen molar-refractivity contribution in [2.75, 3.05) is 26.2 Å². The summed E-state index contributed by atoms with van der Waals surface area (Å²) in [4.78, 5) is 13.7. The molecule has 2 rings (SSSR count). The van der Waals surface area contributed by atoms with Crippen molar-refractivity contribution in [1.29, 1.82) is 0 Å². The number of rotatable bonds is 5. The van der Waals surface area contributed by atoms with Crippen molar-refractivity contribution in [1.82, 2.24) is 10.2 Å². The van der Waals surface area contributed by atoms with Crippen molar-refractivity contribution in [2.24, 2.45) is 0 Å². The van der Waals surface area contributed by atoms with Gasteiger partial charge in [-0.3, -0.25) is 9.69 Å². The lowest BCUT2D eigenvalue weighted by atomic mass is 10.0. The number of ether oxygens (including phenoxy) is 1. The summed E-state index contributed by atoms with van der Waals surface area (Å²) in [5, 5.41) is 3.23. The SMILES string of the molecule is CCC(=O)NC[C@@H](c1c(F)cccc1Cl)N1CCO[C@H](C)C1. The van der Waals surface area contributed by atoms with Crippen LogP contribution in [-0.2, 0) is 9.53 Å². The maximum absolute atomic E-state index is 14.3. The third-order valence-electron chi connectivity index (χ3n) is 3.86. The summed E-state index contributed by atoms with van der Waals surface area (Å²) >= 11 is 6.22. The highest BCUT2D eigenvalue weighted by molar-refractivity contribution is 6.31. The van der Waals surface area contributed by atoms with E-state index in [0.717, 1.165) is 0 Å². The molecule has 22 heavy (non-hydrogen) atoms. The molecule has 0 saturated carbocycles. The number of hydrogen-bond acceptors (Lipinski definition) is 3. The zero-order valence-electron chi connectivity index (χ0n) is 12.9. The summed E-state index contributed by atoms with van der Waals surface area (Å²) in [6, 6.07) is 4.37. The molecule has 0 radical (unpaired) electrons. The van der Waals surface area contributed by atoms with E-state index in [9.17, 15) is 9.18 Å². The van der Waals surface area contributed by atoms with Gasteiger partial charge in [0.25, 0.3) is 0 Å². The van der Waals surface area contributed by atoms with Crippen LogP contribution in [0, 0.1) is 5.82 Å². The Morgan fingerprint density at radius 3 is 3.00 bits per heavy atom. The molecule has 4 nitrogen and oxygen atoms in total. The number of carbonyl (C=O) groups is 1. The maximum atomic E-state index is 14.3. The second-order valence-electron chi connectivity index (χ2n) is 5.49. The minimum atomic E-state index is -0.345. The molecule has 2 atom stereocenters. The molecule has 0 aliphatic carbocycles. The van der Waals surface area contributed by atoms with Crippen molar-refractivity contribution in [3.05, 3.63) is 34.6 Å². The molecule has 0 bridgehead atoms. The van der Waals surface area contributed by atoms with E-state index in [-0.39, 0.29) is 23.9 Å². The van der Waals surface area contributed by atoms with Crippen LogP contribution in [0.1, 0.15) is 31.9 Å². The molecule has 1 aromatic rings. The molecular formula is C16H22ClFN2O2. The summed E-state index contributed by atoms with van der Waals surface area (Å²) in [6.45, 7) is 6.05. The van der Waals surface area contributed by atoms with E-state index in [0.29, 0.717) is 43.2 Å². The minimum Gasteiger partial charge on any atom is -0.376 e. The van der Waals surface area contributed by atoms with Crippen LogP contribution in [0.4, 0.5) is 4.39 Å². The van der Waals surface area contributed by atoms with Crippen LogP contribution in [-0.4, -0.2) is 43.2 Å². The number of benzene rings is 1. The first-order valence-electron chi connectivity index (χ1n) is 7.59. The summed E-state index contributed by atoms with van der Waals surface area (Å²) in [5.74, 6) is -0.402. The van der Waals surface area contributed by atoms with Gasteiger partial charge in [-0.2, -0.15) is 0 Å². The highest BCUT2D eigenvalue weighted by Crippen LogP contribution is 2.31. The molecule has 1 heterocycles. The Hall–Kier alpha value is -1.17. The van der Waals surface area contributed by atoms with Crippen molar-refractivity contribution in [2.45, 2.75) is 32.4 Å². The second kappa shape index (κ2) is 7.90. The minimum absolute atomic E-state index is 0.0567. The normalized spacial score (nSPS) is 20.6. The van der Waals surface area contributed by atoms with E-state index in [1.54, 1.807) is 19.1 Å². The largest absolute Gasteiger partial charge is 0.376 e. The molecule has 6 heteroatoms. The van der Waals surface area contributed by atoms with E-state index in [4.69, 9.17) is 16.3 Å². The highest BCUT2D eigenvalue weighted by Gasteiger charge is 2.29. The fourth-order valence-corrected chi connectivity index (χ4v) is 3.00. The number of halogens is 2. The van der Waals surface area contributed by atoms with Gasteiger partial charge < -0.3 is 10.1 Å². The van der Waals surface area contributed by atoms with Gasteiger partial charge in [0.15, 0.2) is 0 Å². The molecule has 1 aliphatic heterocycles. The first-order valence-corrected chi connectivity index (χ1v) is 7.97. The van der Waals surface area contributed by atoms with E-state index < -0.39 is 0 Å². The van der Waals surface area contributed by atoms with E-state index >= 15 is 0 Å². The molecule has 1 saturated heterocycles. The molecule has 1 N–H and O–H groups in total. The van der Waals surface area contributed by atoms with Crippen LogP contribution >= 0.6 is 11.6 Å².